The number of nitrogens with one attached hydrogen (secondary N) is 1. The number of hydrogen-bond donors (Lipinski definition) is 2. The second-order valence-electron chi connectivity index (χ2n) is 7.77. The summed E-state index contributed by atoms with van der Waals surface area (Å²) in [5, 5.41) is 17.5. The zero-order valence-corrected chi connectivity index (χ0v) is 18.4. The first-order valence-corrected chi connectivity index (χ1v) is 10.2. The highest BCUT2D eigenvalue weighted by Crippen LogP contribution is 2.24. The molecule has 0 aliphatic heterocycles. The SMILES string of the molecule is Cc1c(CNC(=O)c2cn(Cc3ccc(F)cc3)c3cnc(C(=O)N(C)O)cc23)cnn1C. The van der Waals surface area contributed by atoms with Gasteiger partial charge in [-0.05, 0) is 30.7 Å². The largest absolute Gasteiger partial charge is 0.348 e. The van der Waals surface area contributed by atoms with Gasteiger partial charge in [-0.25, -0.2) is 14.4 Å². The summed E-state index contributed by atoms with van der Waals surface area (Å²) in [5.74, 6) is -1.36. The van der Waals surface area contributed by atoms with E-state index in [0.29, 0.717) is 34.6 Å². The van der Waals surface area contributed by atoms with Gasteiger partial charge in [0.15, 0.2) is 0 Å². The zero-order chi connectivity index (χ0) is 23.7. The molecule has 2 N–H and O–H groups in total. The Kier molecular flexibility index (Phi) is 5.93. The molecule has 3 heterocycles. The summed E-state index contributed by atoms with van der Waals surface area (Å²) in [6, 6.07) is 7.56. The van der Waals surface area contributed by atoms with Gasteiger partial charge in [0, 0.05) is 50.0 Å². The number of fused-ring (bicyclic) bond motifs is 1. The van der Waals surface area contributed by atoms with Gasteiger partial charge in [-0.3, -0.25) is 19.5 Å². The van der Waals surface area contributed by atoms with Crippen LogP contribution in [0.2, 0.25) is 0 Å². The van der Waals surface area contributed by atoms with Crippen LogP contribution in [-0.4, -0.2) is 48.5 Å². The van der Waals surface area contributed by atoms with E-state index < -0.39 is 5.91 Å². The van der Waals surface area contributed by atoms with E-state index in [-0.39, 0.29) is 17.4 Å². The van der Waals surface area contributed by atoms with Crippen molar-refractivity contribution in [2.75, 3.05) is 7.05 Å². The fraction of sp³-hybridized carbons (Fsp3) is 0.217. The normalized spacial score (nSPS) is 11.1. The number of amides is 2. The minimum atomic E-state index is -0.694. The number of rotatable bonds is 6. The van der Waals surface area contributed by atoms with Crippen molar-refractivity contribution in [2.45, 2.75) is 20.0 Å². The van der Waals surface area contributed by atoms with Crippen molar-refractivity contribution in [1.82, 2.24) is 29.7 Å². The Morgan fingerprint density at radius 1 is 1.21 bits per heavy atom. The monoisotopic (exact) mass is 450 g/mol. The third-order valence-corrected chi connectivity index (χ3v) is 5.57. The maximum absolute atomic E-state index is 13.3. The molecule has 2 amide bonds. The molecule has 0 aliphatic rings. The molecular weight excluding hydrogens is 427 g/mol. The number of pyridine rings is 1. The van der Waals surface area contributed by atoms with Crippen molar-refractivity contribution in [3.05, 3.63) is 82.8 Å². The van der Waals surface area contributed by atoms with E-state index in [9.17, 15) is 19.2 Å². The maximum atomic E-state index is 13.3. The molecule has 10 heteroatoms. The van der Waals surface area contributed by atoms with Gasteiger partial charge >= 0.3 is 0 Å². The molecule has 4 aromatic rings. The fourth-order valence-corrected chi connectivity index (χ4v) is 3.56. The third-order valence-electron chi connectivity index (χ3n) is 5.57. The standard InChI is InChI=1S/C23H23FN6O3/c1-14-16(10-27-28(14)2)9-26-22(31)19-13-30(12-15-4-6-17(24)7-5-15)21-11-25-20(8-18(19)21)23(32)29(3)33/h4-8,10-11,13,33H,9,12H2,1-3H3,(H,26,31). The van der Waals surface area contributed by atoms with Crippen LogP contribution in [0.4, 0.5) is 4.39 Å². The molecule has 3 aromatic heterocycles. The van der Waals surface area contributed by atoms with Gasteiger partial charge in [0.25, 0.3) is 11.8 Å². The van der Waals surface area contributed by atoms with Crippen molar-refractivity contribution in [3.8, 4) is 0 Å². The molecule has 0 bridgehead atoms. The smallest absolute Gasteiger partial charge is 0.295 e. The van der Waals surface area contributed by atoms with Gasteiger partial charge in [0.2, 0.25) is 0 Å². The molecule has 0 aliphatic carbocycles. The summed E-state index contributed by atoms with van der Waals surface area (Å²) in [4.78, 5) is 29.5. The third kappa shape index (κ3) is 4.46. The summed E-state index contributed by atoms with van der Waals surface area (Å²) in [6.45, 7) is 2.58. The Morgan fingerprint density at radius 3 is 2.58 bits per heavy atom. The Balaban J connectivity index is 1.71. The Bertz CT molecular complexity index is 1340. The van der Waals surface area contributed by atoms with Crippen LogP contribution in [0.25, 0.3) is 10.9 Å². The van der Waals surface area contributed by atoms with Crippen LogP contribution >= 0.6 is 0 Å². The van der Waals surface area contributed by atoms with Crippen molar-refractivity contribution < 1.29 is 19.2 Å². The molecule has 0 fully saturated rings. The van der Waals surface area contributed by atoms with E-state index in [1.54, 1.807) is 29.2 Å². The van der Waals surface area contributed by atoms with E-state index in [4.69, 9.17) is 0 Å². The van der Waals surface area contributed by atoms with Crippen molar-refractivity contribution in [1.29, 1.82) is 0 Å². The van der Waals surface area contributed by atoms with Crippen LogP contribution in [0.3, 0.4) is 0 Å². The number of hydrogen-bond acceptors (Lipinski definition) is 5. The lowest BCUT2D eigenvalue weighted by Gasteiger charge is -2.09. The summed E-state index contributed by atoms with van der Waals surface area (Å²) >= 11 is 0. The van der Waals surface area contributed by atoms with E-state index in [0.717, 1.165) is 16.8 Å². The second-order valence-corrected chi connectivity index (χ2v) is 7.77. The Labute approximate surface area is 189 Å². The molecule has 0 radical (unpaired) electrons. The molecular formula is C23H23FN6O3. The average molecular weight is 450 g/mol. The zero-order valence-electron chi connectivity index (χ0n) is 18.4. The number of carbonyl (C=O) groups excluding carboxylic acids is 2. The quantitative estimate of drug-likeness (QED) is 0.347. The predicted octanol–water partition coefficient (Wildman–Crippen LogP) is 2.66. The van der Waals surface area contributed by atoms with Crippen LogP contribution in [0, 0.1) is 12.7 Å². The van der Waals surface area contributed by atoms with Crippen LogP contribution in [-0.2, 0) is 20.1 Å². The van der Waals surface area contributed by atoms with Gasteiger partial charge in [0.05, 0.1) is 23.5 Å². The van der Waals surface area contributed by atoms with E-state index in [1.165, 1.54) is 31.4 Å². The van der Waals surface area contributed by atoms with Crippen LogP contribution in [0.5, 0.6) is 0 Å². The van der Waals surface area contributed by atoms with Crippen molar-refractivity contribution in [3.63, 3.8) is 0 Å². The first-order chi connectivity index (χ1) is 15.7. The highest BCUT2D eigenvalue weighted by molar-refractivity contribution is 6.08. The molecule has 0 spiro atoms. The lowest BCUT2D eigenvalue weighted by Crippen LogP contribution is -2.24. The summed E-state index contributed by atoms with van der Waals surface area (Å²) < 4.78 is 16.8. The van der Waals surface area contributed by atoms with E-state index in [1.807, 2.05) is 18.5 Å². The second kappa shape index (κ2) is 8.83. The first kappa shape index (κ1) is 22.2. The summed E-state index contributed by atoms with van der Waals surface area (Å²) in [7, 11) is 3.03. The van der Waals surface area contributed by atoms with E-state index in [2.05, 4.69) is 15.4 Å². The minimum absolute atomic E-state index is 0.00388. The highest BCUT2D eigenvalue weighted by atomic mass is 19.1. The number of benzene rings is 1. The van der Waals surface area contributed by atoms with Crippen LogP contribution < -0.4 is 5.32 Å². The maximum Gasteiger partial charge on any atom is 0.295 e. The number of hydroxylamine groups is 2. The average Bonchev–Trinajstić information content (AvgIpc) is 3.32. The summed E-state index contributed by atoms with van der Waals surface area (Å²) in [5.41, 5.74) is 3.65. The van der Waals surface area contributed by atoms with Gasteiger partial charge in [-0.15, -0.1) is 0 Å². The first-order valence-electron chi connectivity index (χ1n) is 10.2. The molecule has 0 atom stereocenters. The molecule has 9 nitrogen and oxygen atoms in total. The Morgan fingerprint density at radius 2 is 1.94 bits per heavy atom. The molecule has 0 saturated heterocycles. The molecule has 1 aromatic carbocycles. The number of nitrogens with zero attached hydrogens (tertiary/aromatic N) is 5. The summed E-state index contributed by atoms with van der Waals surface area (Å²) in [6.07, 6.45) is 4.86. The van der Waals surface area contributed by atoms with Gasteiger partial charge in [0.1, 0.15) is 11.5 Å². The lowest BCUT2D eigenvalue weighted by molar-refractivity contribution is -0.0379. The number of aromatic nitrogens is 4. The van der Waals surface area contributed by atoms with E-state index >= 15 is 0 Å². The van der Waals surface area contributed by atoms with Gasteiger partial charge in [-0.1, -0.05) is 12.1 Å². The van der Waals surface area contributed by atoms with Crippen LogP contribution in [0.1, 0.15) is 37.7 Å². The van der Waals surface area contributed by atoms with Crippen molar-refractivity contribution in [2.24, 2.45) is 7.05 Å². The molecule has 0 saturated carbocycles. The fourth-order valence-electron chi connectivity index (χ4n) is 3.56. The molecule has 0 unspecified atom stereocenters. The number of halogens is 1. The predicted molar refractivity (Wildman–Crippen MR) is 118 cm³/mol. The molecule has 170 valence electrons. The van der Waals surface area contributed by atoms with Crippen molar-refractivity contribution >= 4 is 22.7 Å². The lowest BCUT2D eigenvalue weighted by atomic mass is 10.1. The van der Waals surface area contributed by atoms with Crippen LogP contribution in [0.15, 0.2) is 48.9 Å². The highest BCUT2D eigenvalue weighted by Gasteiger charge is 2.20. The molecule has 4 rings (SSSR count). The van der Waals surface area contributed by atoms with Gasteiger partial charge < -0.3 is 9.88 Å². The number of aryl methyl sites for hydroxylation is 1. The number of carbonyl (C=O) groups is 2. The molecule has 33 heavy (non-hydrogen) atoms. The topological polar surface area (TPSA) is 105 Å². The minimum Gasteiger partial charge on any atom is -0.348 e. The Hall–Kier alpha value is -4.05. The van der Waals surface area contributed by atoms with Gasteiger partial charge in [-0.2, -0.15) is 5.10 Å².